The standard InChI is InChI=1S/C28H41N3O5.BrH/c1-10-18(11-2)22(32)16-30-12-13-31(25(30)29-26(35)36-9)17-23(33)19-14-20(27(3,4)5)24(34)21(15-19)28(6,7)8;/h12-15,18,34H,10-11,16-17H2,1-9H3;1H/b29-25+;. The van der Waals surface area contributed by atoms with Gasteiger partial charge in [-0.05, 0) is 35.8 Å². The van der Waals surface area contributed by atoms with Crippen LogP contribution in [0.2, 0.25) is 0 Å². The summed E-state index contributed by atoms with van der Waals surface area (Å²) in [6.07, 6.45) is 3.92. The van der Waals surface area contributed by atoms with Crippen LogP contribution in [-0.2, 0) is 33.5 Å². The molecule has 0 fully saturated rings. The Hall–Kier alpha value is -2.68. The van der Waals surface area contributed by atoms with Crippen LogP contribution in [0.3, 0.4) is 0 Å². The number of phenols is 1. The maximum Gasteiger partial charge on any atom is 0.436 e. The van der Waals surface area contributed by atoms with E-state index in [2.05, 4.69) is 4.99 Å². The van der Waals surface area contributed by atoms with Gasteiger partial charge in [-0.25, -0.2) is 4.79 Å². The number of rotatable bonds is 8. The number of hydrogen-bond acceptors (Lipinski definition) is 5. The van der Waals surface area contributed by atoms with Crippen LogP contribution in [0.15, 0.2) is 29.5 Å². The van der Waals surface area contributed by atoms with Gasteiger partial charge in [-0.15, -0.1) is 22.0 Å². The Balaban J connectivity index is 0.00000684. The molecule has 0 aliphatic rings. The number of Topliss-reactive ketones (excluding diaryl/α,β-unsaturated/α-hetero) is 2. The number of imidazole rings is 1. The number of carbonyl (C=O) groups is 3. The Morgan fingerprint density at radius 1 is 0.919 bits per heavy atom. The second-order valence-corrected chi connectivity index (χ2v) is 11.3. The zero-order valence-corrected chi connectivity index (χ0v) is 25.3. The van der Waals surface area contributed by atoms with E-state index in [-0.39, 0.29) is 69.8 Å². The SMILES string of the molecule is Br.CCC(CC)C(=O)Cn1ccn(CC(=O)c2cc(C(C)(C)C)c(O)c(C(C)(C)C)c2)/c1=N/C(=O)OC. The molecular formula is C28H42BrN3O5. The summed E-state index contributed by atoms with van der Waals surface area (Å²) >= 11 is 0. The molecule has 1 amide bonds. The van der Waals surface area contributed by atoms with E-state index in [9.17, 15) is 19.5 Å². The van der Waals surface area contributed by atoms with E-state index in [0.717, 1.165) is 12.8 Å². The van der Waals surface area contributed by atoms with E-state index in [0.29, 0.717) is 16.7 Å². The largest absolute Gasteiger partial charge is 0.507 e. The van der Waals surface area contributed by atoms with Crippen molar-refractivity contribution in [2.75, 3.05) is 7.11 Å². The molecule has 0 unspecified atom stereocenters. The molecule has 0 aliphatic heterocycles. The van der Waals surface area contributed by atoms with Crippen LogP contribution in [0, 0.1) is 5.92 Å². The zero-order valence-electron chi connectivity index (χ0n) is 23.5. The molecule has 2 rings (SSSR count). The minimum Gasteiger partial charge on any atom is -0.507 e. The van der Waals surface area contributed by atoms with E-state index in [1.807, 2.05) is 55.4 Å². The van der Waals surface area contributed by atoms with Gasteiger partial charge in [-0.3, -0.25) is 9.59 Å². The molecule has 0 atom stereocenters. The number of aromatic nitrogens is 2. The summed E-state index contributed by atoms with van der Waals surface area (Å²) in [6.45, 7) is 15.8. The summed E-state index contributed by atoms with van der Waals surface area (Å²) in [5.41, 5.74) is 1.25. The highest BCUT2D eigenvalue weighted by molar-refractivity contribution is 8.93. The van der Waals surface area contributed by atoms with Crippen molar-refractivity contribution in [3.8, 4) is 5.75 Å². The van der Waals surface area contributed by atoms with Gasteiger partial charge in [0.05, 0.1) is 20.2 Å². The Morgan fingerprint density at radius 2 is 1.38 bits per heavy atom. The maximum absolute atomic E-state index is 13.5. The van der Waals surface area contributed by atoms with Crippen molar-refractivity contribution in [3.05, 3.63) is 46.8 Å². The zero-order chi connectivity index (χ0) is 27.4. The fraction of sp³-hybridized carbons (Fsp3) is 0.571. The van der Waals surface area contributed by atoms with Crippen molar-refractivity contribution in [1.82, 2.24) is 9.13 Å². The Labute approximate surface area is 230 Å². The Morgan fingerprint density at radius 3 is 1.78 bits per heavy atom. The molecule has 1 aromatic heterocycles. The quantitative estimate of drug-likeness (QED) is 0.402. The molecule has 1 aromatic carbocycles. The number of halogens is 1. The number of phenolic OH excluding ortho intramolecular Hbond substituents is 1. The highest BCUT2D eigenvalue weighted by Gasteiger charge is 2.28. The Kier molecular flexibility index (Phi) is 11.1. The molecule has 0 spiro atoms. The number of amides is 1. The average molecular weight is 581 g/mol. The molecule has 0 aliphatic carbocycles. The molecule has 0 bridgehead atoms. The summed E-state index contributed by atoms with van der Waals surface area (Å²) < 4.78 is 7.82. The normalized spacial score (nSPS) is 12.4. The maximum atomic E-state index is 13.5. The Bertz CT molecular complexity index is 1160. The summed E-state index contributed by atoms with van der Waals surface area (Å²) in [4.78, 5) is 42.2. The minimum atomic E-state index is -0.819. The lowest BCUT2D eigenvalue weighted by atomic mass is 9.78. The number of hydrogen-bond donors (Lipinski definition) is 1. The second kappa shape index (κ2) is 12.7. The molecule has 0 radical (unpaired) electrons. The molecule has 37 heavy (non-hydrogen) atoms. The number of aromatic hydroxyl groups is 1. The lowest BCUT2D eigenvalue weighted by Crippen LogP contribution is -2.33. The molecular weight excluding hydrogens is 538 g/mol. The number of methoxy groups -OCH3 is 1. The van der Waals surface area contributed by atoms with Crippen LogP contribution in [0.5, 0.6) is 5.75 Å². The summed E-state index contributed by atoms with van der Waals surface area (Å²) in [6, 6.07) is 3.47. The summed E-state index contributed by atoms with van der Waals surface area (Å²) in [5.74, 6) is -0.0521. The van der Waals surface area contributed by atoms with Crippen molar-refractivity contribution in [2.45, 2.75) is 92.2 Å². The van der Waals surface area contributed by atoms with Crippen LogP contribution in [0.1, 0.15) is 89.7 Å². The van der Waals surface area contributed by atoms with Gasteiger partial charge >= 0.3 is 6.09 Å². The van der Waals surface area contributed by atoms with Gasteiger partial charge in [-0.1, -0.05) is 55.4 Å². The van der Waals surface area contributed by atoms with Gasteiger partial charge in [0.2, 0.25) is 5.62 Å². The van der Waals surface area contributed by atoms with Crippen molar-refractivity contribution in [2.24, 2.45) is 10.9 Å². The predicted molar refractivity (Wildman–Crippen MR) is 150 cm³/mol. The van der Waals surface area contributed by atoms with E-state index < -0.39 is 6.09 Å². The number of benzene rings is 1. The second-order valence-electron chi connectivity index (χ2n) is 11.3. The smallest absolute Gasteiger partial charge is 0.436 e. The van der Waals surface area contributed by atoms with Crippen LogP contribution in [0.4, 0.5) is 4.79 Å². The molecule has 0 saturated carbocycles. The van der Waals surface area contributed by atoms with E-state index in [4.69, 9.17) is 4.74 Å². The number of ether oxygens (including phenoxy) is 1. The van der Waals surface area contributed by atoms with E-state index >= 15 is 0 Å². The first-order valence-electron chi connectivity index (χ1n) is 12.5. The lowest BCUT2D eigenvalue weighted by Gasteiger charge is -2.28. The average Bonchev–Trinajstić information content (AvgIpc) is 3.13. The van der Waals surface area contributed by atoms with Crippen LogP contribution < -0.4 is 5.62 Å². The number of ketones is 2. The van der Waals surface area contributed by atoms with E-state index in [1.54, 1.807) is 33.7 Å². The van der Waals surface area contributed by atoms with Crippen molar-refractivity contribution in [3.63, 3.8) is 0 Å². The lowest BCUT2D eigenvalue weighted by molar-refractivity contribution is -0.123. The molecule has 2 aromatic rings. The van der Waals surface area contributed by atoms with Crippen molar-refractivity contribution < 1.29 is 24.2 Å². The van der Waals surface area contributed by atoms with Crippen LogP contribution in [-0.4, -0.2) is 39.0 Å². The van der Waals surface area contributed by atoms with Gasteiger partial charge in [-0.2, -0.15) is 0 Å². The summed E-state index contributed by atoms with van der Waals surface area (Å²) in [7, 11) is 1.22. The van der Waals surface area contributed by atoms with Gasteiger partial charge < -0.3 is 19.0 Å². The molecule has 8 nitrogen and oxygen atoms in total. The van der Waals surface area contributed by atoms with Crippen molar-refractivity contribution >= 4 is 34.6 Å². The minimum absolute atomic E-state index is 0. The molecule has 0 saturated heterocycles. The predicted octanol–water partition coefficient (Wildman–Crippen LogP) is 5.72. The molecule has 9 heteroatoms. The highest BCUT2D eigenvalue weighted by atomic mass is 79.9. The van der Waals surface area contributed by atoms with Gasteiger partial charge in [0.15, 0.2) is 11.6 Å². The molecule has 1 heterocycles. The third kappa shape index (κ3) is 7.90. The topological polar surface area (TPSA) is 103 Å². The first kappa shape index (κ1) is 32.3. The third-order valence-electron chi connectivity index (χ3n) is 6.44. The van der Waals surface area contributed by atoms with Gasteiger partial charge in [0.1, 0.15) is 5.75 Å². The van der Waals surface area contributed by atoms with Gasteiger partial charge in [0.25, 0.3) is 0 Å². The first-order valence-corrected chi connectivity index (χ1v) is 12.5. The fourth-order valence-corrected chi connectivity index (χ4v) is 4.19. The van der Waals surface area contributed by atoms with Gasteiger partial charge in [0, 0.05) is 35.0 Å². The first-order chi connectivity index (χ1) is 16.6. The molecule has 1 N–H and O–H groups in total. The third-order valence-corrected chi connectivity index (χ3v) is 6.44. The fourth-order valence-electron chi connectivity index (χ4n) is 4.19. The molecule has 206 valence electrons. The number of carbonyl (C=O) groups excluding carboxylic acids is 3. The van der Waals surface area contributed by atoms with E-state index in [1.165, 1.54) is 7.11 Å². The monoisotopic (exact) mass is 579 g/mol. The van der Waals surface area contributed by atoms with Crippen LogP contribution >= 0.6 is 17.0 Å². The highest BCUT2D eigenvalue weighted by Crippen LogP contribution is 2.39. The summed E-state index contributed by atoms with van der Waals surface area (Å²) in [5, 5.41) is 11.0. The van der Waals surface area contributed by atoms with Crippen LogP contribution in [0.25, 0.3) is 0 Å². The number of nitrogens with zero attached hydrogens (tertiary/aromatic N) is 3. The van der Waals surface area contributed by atoms with Crippen molar-refractivity contribution in [1.29, 1.82) is 0 Å².